The third kappa shape index (κ3) is 1.92. The fourth-order valence-corrected chi connectivity index (χ4v) is 5.93. The zero-order valence-electron chi connectivity index (χ0n) is 16.0. The summed E-state index contributed by atoms with van der Waals surface area (Å²) < 4.78 is 5.71. The summed E-state index contributed by atoms with van der Waals surface area (Å²) >= 11 is 1.50. The van der Waals surface area contributed by atoms with Crippen molar-refractivity contribution < 1.29 is 9.21 Å². The lowest BCUT2D eigenvalue weighted by Gasteiger charge is -2.41. The summed E-state index contributed by atoms with van der Waals surface area (Å²) in [5.74, 6) is -0.290. The molecule has 3 aliphatic rings. The quantitative estimate of drug-likeness (QED) is 0.418. The molecule has 0 aliphatic carbocycles. The number of para-hydroxylation sites is 3. The summed E-state index contributed by atoms with van der Waals surface area (Å²) in [4.78, 5) is 35.0. The maximum Gasteiger partial charge on any atom is 0.345 e. The number of thioether (sulfide) groups is 1. The Balaban J connectivity index is 1.70. The zero-order valence-corrected chi connectivity index (χ0v) is 16.8. The van der Waals surface area contributed by atoms with Gasteiger partial charge in [-0.3, -0.25) is 9.69 Å². The minimum Gasteiger partial charge on any atom is -0.422 e. The Morgan fingerprint density at radius 1 is 0.935 bits per heavy atom. The molecule has 7 heteroatoms. The monoisotopic (exact) mass is 423 g/mol. The molecule has 0 saturated carbocycles. The molecule has 148 valence electrons. The van der Waals surface area contributed by atoms with Crippen LogP contribution < -0.4 is 15.8 Å². The number of hydrogen-bond donors (Lipinski definition) is 1. The normalized spacial score (nSPS) is 20.2. The number of carbonyl (C=O) groups excluding carboxylic acids is 1. The minimum atomic E-state index is -1.40. The minimum absolute atomic E-state index is 0.245. The number of hydrogen-bond acceptors (Lipinski definition) is 6. The van der Waals surface area contributed by atoms with Crippen LogP contribution in [0.1, 0.15) is 11.1 Å². The summed E-state index contributed by atoms with van der Waals surface area (Å²) in [7, 11) is 0. The third-order valence-electron chi connectivity index (χ3n) is 6.08. The van der Waals surface area contributed by atoms with Gasteiger partial charge in [-0.15, -0.1) is 0 Å². The van der Waals surface area contributed by atoms with Crippen molar-refractivity contribution >= 4 is 50.9 Å². The van der Waals surface area contributed by atoms with Crippen molar-refractivity contribution in [3.63, 3.8) is 0 Å². The number of fused-ring (bicyclic) bond motifs is 10. The number of aliphatic imine (C=N–C) groups is 1. The molecule has 0 fully saturated rings. The number of rotatable bonds is 0. The maximum atomic E-state index is 13.8. The van der Waals surface area contributed by atoms with Crippen LogP contribution in [0.25, 0.3) is 11.0 Å². The van der Waals surface area contributed by atoms with Gasteiger partial charge in [0, 0.05) is 21.5 Å². The Morgan fingerprint density at radius 2 is 1.71 bits per heavy atom. The number of anilines is 2. The summed E-state index contributed by atoms with van der Waals surface area (Å²) in [6.07, 6.45) is 0. The molecular formula is C24H13N3O3S. The van der Waals surface area contributed by atoms with Gasteiger partial charge >= 0.3 is 5.63 Å². The largest absolute Gasteiger partial charge is 0.422 e. The lowest BCUT2D eigenvalue weighted by molar-refractivity contribution is -0.119. The second-order valence-corrected chi connectivity index (χ2v) is 8.63. The van der Waals surface area contributed by atoms with Crippen LogP contribution in [0.2, 0.25) is 0 Å². The van der Waals surface area contributed by atoms with Crippen molar-refractivity contribution in [3.8, 4) is 0 Å². The molecule has 31 heavy (non-hydrogen) atoms. The van der Waals surface area contributed by atoms with E-state index in [0.29, 0.717) is 33.1 Å². The Labute approximate surface area is 180 Å². The smallest absolute Gasteiger partial charge is 0.345 e. The Morgan fingerprint density at radius 3 is 2.65 bits per heavy atom. The number of carbonyl (C=O) groups is 1. The molecule has 3 aliphatic heterocycles. The van der Waals surface area contributed by atoms with Crippen molar-refractivity contribution in [2.75, 3.05) is 10.2 Å². The van der Waals surface area contributed by atoms with Gasteiger partial charge in [0.2, 0.25) is 0 Å². The standard InChI is InChI=1S/C24H13N3O3S/c28-21-19-20(13-7-1-5-11-17(13)30-21)26-23-27(16-10-4-6-12-18(16)31-23)24(19)14-8-2-3-9-15(14)25-22(24)29/h1-12H,(H,25,29). The Hall–Kier alpha value is -3.84. The average Bonchev–Trinajstić information content (AvgIpc) is 3.29. The van der Waals surface area contributed by atoms with E-state index in [9.17, 15) is 9.59 Å². The third-order valence-corrected chi connectivity index (χ3v) is 7.10. The van der Waals surface area contributed by atoms with Crippen molar-refractivity contribution in [1.82, 2.24) is 0 Å². The van der Waals surface area contributed by atoms with Crippen molar-refractivity contribution in [2.45, 2.75) is 10.4 Å². The molecule has 1 atom stereocenters. The maximum absolute atomic E-state index is 13.8. The highest BCUT2D eigenvalue weighted by Crippen LogP contribution is 2.57. The van der Waals surface area contributed by atoms with E-state index in [1.165, 1.54) is 11.8 Å². The fourth-order valence-electron chi connectivity index (χ4n) is 4.86. The fraction of sp³-hybridized carbons (Fsp3) is 0.0417. The van der Waals surface area contributed by atoms with Gasteiger partial charge in [-0.1, -0.05) is 42.5 Å². The molecule has 0 bridgehead atoms. The van der Waals surface area contributed by atoms with E-state index in [0.717, 1.165) is 10.6 Å². The Kier molecular flexibility index (Phi) is 3.08. The molecule has 3 aromatic carbocycles. The molecule has 1 aromatic heterocycles. The van der Waals surface area contributed by atoms with Crippen molar-refractivity contribution in [3.05, 3.63) is 94.3 Å². The first-order valence-electron chi connectivity index (χ1n) is 9.82. The summed E-state index contributed by atoms with van der Waals surface area (Å²) in [5, 5.41) is 4.36. The van der Waals surface area contributed by atoms with E-state index in [1.54, 1.807) is 6.07 Å². The molecule has 1 spiro atoms. The van der Waals surface area contributed by atoms with Gasteiger partial charge in [0.05, 0.1) is 11.4 Å². The highest BCUT2D eigenvalue weighted by Gasteiger charge is 2.61. The van der Waals surface area contributed by atoms with E-state index in [1.807, 2.05) is 71.6 Å². The predicted octanol–water partition coefficient (Wildman–Crippen LogP) is 4.60. The highest BCUT2D eigenvalue weighted by molar-refractivity contribution is 8.14. The SMILES string of the molecule is O=C1Nc2ccccc2C12c1c(c3ccccc3oc1=O)N=C1Sc3ccccc3N12. The Bertz CT molecular complexity index is 1560. The lowest BCUT2D eigenvalue weighted by Crippen LogP contribution is -2.56. The van der Waals surface area contributed by atoms with Crippen LogP contribution >= 0.6 is 11.8 Å². The van der Waals surface area contributed by atoms with Crippen LogP contribution in [0.15, 0.2) is 91.9 Å². The van der Waals surface area contributed by atoms with Crippen molar-refractivity contribution in [1.29, 1.82) is 0 Å². The molecule has 4 aromatic rings. The number of nitrogens with one attached hydrogen (secondary N) is 1. The molecule has 0 radical (unpaired) electrons. The van der Waals surface area contributed by atoms with E-state index in [-0.39, 0.29) is 11.5 Å². The van der Waals surface area contributed by atoms with Gasteiger partial charge in [0.1, 0.15) is 11.1 Å². The van der Waals surface area contributed by atoms with Gasteiger partial charge in [0.25, 0.3) is 5.91 Å². The summed E-state index contributed by atoms with van der Waals surface area (Å²) in [6, 6.07) is 22.6. The molecule has 1 unspecified atom stereocenters. The zero-order chi connectivity index (χ0) is 20.7. The lowest BCUT2D eigenvalue weighted by atomic mass is 9.80. The second-order valence-electron chi connectivity index (χ2n) is 7.62. The summed E-state index contributed by atoms with van der Waals surface area (Å²) in [5.41, 5.74) is 1.48. The van der Waals surface area contributed by atoms with Gasteiger partial charge in [0.15, 0.2) is 10.7 Å². The van der Waals surface area contributed by atoms with Crippen molar-refractivity contribution in [2.24, 2.45) is 4.99 Å². The molecular weight excluding hydrogens is 410 g/mol. The molecule has 4 heterocycles. The van der Waals surface area contributed by atoms with E-state index < -0.39 is 11.2 Å². The first-order valence-corrected chi connectivity index (χ1v) is 10.6. The number of nitrogens with zero attached hydrogens (tertiary/aromatic N) is 2. The molecule has 7 rings (SSSR count). The highest BCUT2D eigenvalue weighted by atomic mass is 32.2. The topological polar surface area (TPSA) is 74.9 Å². The van der Waals surface area contributed by atoms with E-state index in [4.69, 9.17) is 9.41 Å². The number of benzene rings is 3. The van der Waals surface area contributed by atoms with Gasteiger partial charge in [-0.25, -0.2) is 9.79 Å². The molecule has 1 amide bonds. The first kappa shape index (κ1) is 16.9. The molecule has 6 nitrogen and oxygen atoms in total. The predicted molar refractivity (Wildman–Crippen MR) is 120 cm³/mol. The van der Waals surface area contributed by atoms with Crippen LogP contribution in [-0.2, 0) is 10.3 Å². The van der Waals surface area contributed by atoms with Crippen LogP contribution in [0.5, 0.6) is 0 Å². The van der Waals surface area contributed by atoms with E-state index >= 15 is 0 Å². The van der Waals surface area contributed by atoms with Gasteiger partial charge in [-0.2, -0.15) is 0 Å². The van der Waals surface area contributed by atoms with Gasteiger partial charge in [-0.05, 0) is 42.1 Å². The first-order chi connectivity index (χ1) is 15.2. The average molecular weight is 423 g/mol. The van der Waals surface area contributed by atoms with Crippen LogP contribution in [0.4, 0.5) is 17.1 Å². The van der Waals surface area contributed by atoms with Crippen LogP contribution in [0, 0.1) is 0 Å². The molecule has 1 N–H and O–H groups in total. The van der Waals surface area contributed by atoms with E-state index in [2.05, 4.69) is 5.32 Å². The van der Waals surface area contributed by atoms with Crippen LogP contribution in [-0.4, -0.2) is 11.1 Å². The number of amides is 1. The second kappa shape index (κ2) is 5.65. The molecule has 0 saturated heterocycles. The van der Waals surface area contributed by atoms with Gasteiger partial charge < -0.3 is 9.73 Å². The van der Waals surface area contributed by atoms with Crippen LogP contribution in [0.3, 0.4) is 0 Å². The number of amidine groups is 1. The summed E-state index contributed by atoms with van der Waals surface area (Å²) in [6.45, 7) is 0.